The standard InChI is InChI=1S/C48H53N3O/c1-29(2)37-13-12-14-38(30(3)4)45(37)33-24-34(46-50-48(9)21-11-10-15-44(48)52-46)26-36(25-33)51-42-19-16-31(5)23-40(42)39-18-17-32(27-43(39)51)41-28-35(20-22-49-41)47(6,7)8/h12-14,16-20,22-30,44H,10-11,15,21H2,1-9H3/t44-,48+/m0/s1. The molecule has 4 aromatic carbocycles. The molecule has 1 aliphatic carbocycles. The van der Waals surface area contributed by atoms with Crippen LogP contribution in [-0.2, 0) is 10.2 Å². The Labute approximate surface area is 310 Å². The summed E-state index contributed by atoms with van der Waals surface area (Å²) in [5.41, 5.74) is 14.3. The predicted molar refractivity (Wildman–Crippen MR) is 219 cm³/mol. The third-order valence-corrected chi connectivity index (χ3v) is 11.6. The summed E-state index contributed by atoms with van der Waals surface area (Å²) in [6.07, 6.45) is 6.61. The molecule has 0 radical (unpaired) electrons. The fourth-order valence-corrected chi connectivity index (χ4v) is 8.64. The maximum Gasteiger partial charge on any atom is 0.217 e. The first-order chi connectivity index (χ1) is 24.8. The molecule has 266 valence electrons. The summed E-state index contributed by atoms with van der Waals surface area (Å²) >= 11 is 0. The van der Waals surface area contributed by atoms with Crippen molar-refractivity contribution in [1.82, 2.24) is 9.55 Å². The molecule has 4 heteroatoms. The van der Waals surface area contributed by atoms with Crippen molar-refractivity contribution in [2.45, 2.75) is 117 Å². The van der Waals surface area contributed by atoms with Crippen LogP contribution in [0, 0.1) is 6.92 Å². The minimum Gasteiger partial charge on any atom is -0.472 e. The van der Waals surface area contributed by atoms with Gasteiger partial charge in [-0.2, -0.15) is 0 Å². The van der Waals surface area contributed by atoms with E-state index in [0.29, 0.717) is 11.8 Å². The van der Waals surface area contributed by atoms with E-state index in [1.54, 1.807) is 0 Å². The Bertz CT molecular complexity index is 2340. The van der Waals surface area contributed by atoms with Crippen LogP contribution in [-0.4, -0.2) is 27.1 Å². The lowest BCUT2D eigenvalue weighted by molar-refractivity contribution is 0.104. The number of aromatic nitrogens is 2. The number of hydrogen-bond donors (Lipinski definition) is 0. The molecule has 0 amide bonds. The number of aliphatic imine (C=N–C) groups is 1. The van der Waals surface area contributed by atoms with Crippen molar-refractivity contribution in [2.75, 3.05) is 0 Å². The van der Waals surface area contributed by atoms with E-state index < -0.39 is 0 Å². The Morgan fingerprint density at radius 2 is 1.52 bits per heavy atom. The number of aryl methyl sites for hydroxylation is 1. The molecule has 1 aliphatic heterocycles. The molecule has 0 saturated heterocycles. The summed E-state index contributed by atoms with van der Waals surface area (Å²) < 4.78 is 9.28. The largest absolute Gasteiger partial charge is 0.472 e. The zero-order valence-electron chi connectivity index (χ0n) is 32.5. The molecule has 0 N–H and O–H groups in total. The van der Waals surface area contributed by atoms with E-state index in [1.807, 2.05) is 6.20 Å². The molecule has 3 heterocycles. The van der Waals surface area contributed by atoms with Gasteiger partial charge in [0.15, 0.2) is 0 Å². The predicted octanol–water partition coefficient (Wildman–Crippen LogP) is 12.8. The summed E-state index contributed by atoms with van der Waals surface area (Å²) in [7, 11) is 0. The first kappa shape index (κ1) is 34.4. The molecule has 2 aromatic heterocycles. The van der Waals surface area contributed by atoms with E-state index in [9.17, 15) is 0 Å². The molecule has 2 aliphatic rings. The van der Waals surface area contributed by atoms with Gasteiger partial charge in [0.1, 0.15) is 6.10 Å². The van der Waals surface area contributed by atoms with Crippen LogP contribution in [0.25, 0.3) is 49.9 Å². The van der Waals surface area contributed by atoms with Crippen molar-refractivity contribution >= 4 is 27.7 Å². The van der Waals surface area contributed by atoms with Crippen LogP contribution >= 0.6 is 0 Å². The van der Waals surface area contributed by atoms with E-state index in [4.69, 9.17) is 14.7 Å². The minimum absolute atomic E-state index is 0.0335. The highest BCUT2D eigenvalue weighted by molar-refractivity contribution is 6.11. The number of pyridine rings is 1. The van der Waals surface area contributed by atoms with Crippen molar-refractivity contribution in [2.24, 2.45) is 4.99 Å². The van der Waals surface area contributed by atoms with Gasteiger partial charge in [-0.15, -0.1) is 0 Å². The van der Waals surface area contributed by atoms with E-state index in [2.05, 4.69) is 152 Å². The molecule has 2 atom stereocenters. The lowest BCUT2D eigenvalue weighted by Gasteiger charge is -2.31. The third kappa shape index (κ3) is 5.94. The molecule has 1 saturated carbocycles. The number of hydrogen-bond acceptors (Lipinski definition) is 3. The lowest BCUT2D eigenvalue weighted by atomic mass is 9.82. The molecule has 6 aromatic rings. The second-order valence-corrected chi connectivity index (χ2v) is 17.3. The Hall–Kier alpha value is -4.70. The number of rotatable bonds is 6. The zero-order chi connectivity index (χ0) is 36.5. The summed E-state index contributed by atoms with van der Waals surface area (Å²) in [6, 6.07) is 32.0. The van der Waals surface area contributed by atoms with Gasteiger partial charge in [0.05, 0.1) is 22.3 Å². The number of nitrogens with zero attached hydrogens (tertiary/aromatic N) is 3. The Balaban J connectivity index is 1.42. The smallest absolute Gasteiger partial charge is 0.217 e. The van der Waals surface area contributed by atoms with E-state index in [1.165, 1.54) is 68.0 Å². The summed E-state index contributed by atoms with van der Waals surface area (Å²) in [4.78, 5) is 10.3. The maximum absolute atomic E-state index is 6.81. The van der Waals surface area contributed by atoms with E-state index >= 15 is 0 Å². The van der Waals surface area contributed by atoms with Crippen LogP contribution < -0.4 is 0 Å². The molecule has 4 nitrogen and oxygen atoms in total. The number of ether oxygens (including phenoxy) is 1. The maximum atomic E-state index is 6.81. The van der Waals surface area contributed by atoms with Gasteiger partial charge in [-0.3, -0.25) is 4.98 Å². The second-order valence-electron chi connectivity index (χ2n) is 17.3. The molecule has 0 spiro atoms. The molecular formula is C48H53N3O. The van der Waals surface area contributed by atoms with Gasteiger partial charge in [0.25, 0.3) is 0 Å². The Morgan fingerprint density at radius 3 is 2.23 bits per heavy atom. The van der Waals surface area contributed by atoms with Gasteiger partial charge in [-0.05, 0) is 127 Å². The fourth-order valence-electron chi connectivity index (χ4n) is 8.64. The van der Waals surface area contributed by atoms with E-state index in [0.717, 1.165) is 41.2 Å². The van der Waals surface area contributed by atoms with Crippen molar-refractivity contribution in [3.8, 4) is 28.1 Å². The summed E-state index contributed by atoms with van der Waals surface area (Å²) in [5.74, 6) is 1.53. The molecule has 0 bridgehead atoms. The molecule has 52 heavy (non-hydrogen) atoms. The zero-order valence-corrected chi connectivity index (χ0v) is 32.5. The van der Waals surface area contributed by atoms with Crippen molar-refractivity contribution in [1.29, 1.82) is 0 Å². The first-order valence-electron chi connectivity index (χ1n) is 19.4. The quantitative estimate of drug-likeness (QED) is 0.175. The highest BCUT2D eigenvalue weighted by atomic mass is 16.5. The van der Waals surface area contributed by atoms with Crippen molar-refractivity contribution in [3.63, 3.8) is 0 Å². The summed E-state index contributed by atoms with van der Waals surface area (Å²) in [6.45, 7) is 20.5. The fraction of sp³-hybridized carbons (Fsp3) is 0.375. The van der Waals surface area contributed by atoms with Crippen LogP contribution in [0.1, 0.15) is 121 Å². The van der Waals surface area contributed by atoms with Gasteiger partial charge in [-0.25, -0.2) is 4.99 Å². The van der Waals surface area contributed by atoms with Crippen LogP contribution in [0.5, 0.6) is 0 Å². The first-order valence-corrected chi connectivity index (χ1v) is 19.4. The lowest BCUT2D eigenvalue weighted by Crippen LogP contribution is -2.37. The van der Waals surface area contributed by atoms with Gasteiger partial charge < -0.3 is 9.30 Å². The normalized spacial score (nSPS) is 19.1. The SMILES string of the molecule is Cc1ccc2c(c1)c1ccc(-c3cc(C(C)(C)C)ccn3)cc1n2-c1cc(C2=N[C@]3(C)CCCC[C@@H]3O2)cc(-c2c(C(C)C)cccc2C(C)C)c1. The highest BCUT2D eigenvalue weighted by Gasteiger charge is 2.44. The monoisotopic (exact) mass is 687 g/mol. The molecule has 1 fully saturated rings. The molecular weight excluding hydrogens is 635 g/mol. The number of benzene rings is 4. The topological polar surface area (TPSA) is 39.4 Å². The third-order valence-electron chi connectivity index (χ3n) is 11.6. The van der Waals surface area contributed by atoms with Gasteiger partial charge >= 0.3 is 0 Å². The average molecular weight is 688 g/mol. The van der Waals surface area contributed by atoms with Gasteiger partial charge in [-0.1, -0.05) is 96.8 Å². The minimum atomic E-state index is -0.170. The van der Waals surface area contributed by atoms with Crippen LogP contribution in [0.4, 0.5) is 0 Å². The molecule has 8 rings (SSSR count). The molecule has 0 unspecified atom stereocenters. The average Bonchev–Trinajstić information content (AvgIpc) is 3.65. The van der Waals surface area contributed by atoms with Crippen LogP contribution in [0.3, 0.4) is 0 Å². The van der Waals surface area contributed by atoms with Crippen molar-refractivity contribution in [3.05, 3.63) is 119 Å². The van der Waals surface area contributed by atoms with Gasteiger partial charge in [0.2, 0.25) is 5.90 Å². The summed E-state index contributed by atoms with van der Waals surface area (Å²) in [5, 5.41) is 2.49. The highest BCUT2D eigenvalue weighted by Crippen LogP contribution is 2.43. The Morgan fingerprint density at radius 1 is 0.769 bits per heavy atom. The van der Waals surface area contributed by atoms with E-state index in [-0.39, 0.29) is 17.1 Å². The number of fused-ring (bicyclic) bond motifs is 4. The van der Waals surface area contributed by atoms with Gasteiger partial charge in [0, 0.05) is 33.8 Å². The van der Waals surface area contributed by atoms with Crippen LogP contribution in [0.2, 0.25) is 0 Å². The van der Waals surface area contributed by atoms with Crippen LogP contribution in [0.15, 0.2) is 96.1 Å². The second kappa shape index (κ2) is 12.8. The Kier molecular flexibility index (Phi) is 8.44. The van der Waals surface area contributed by atoms with Crippen molar-refractivity contribution < 1.29 is 4.74 Å².